The fourth-order valence-corrected chi connectivity index (χ4v) is 4.28. The Hall–Kier alpha value is -3.06. The molecule has 1 amide bonds. The van der Waals surface area contributed by atoms with E-state index >= 15 is 0 Å². The zero-order valence-corrected chi connectivity index (χ0v) is 15.0. The van der Waals surface area contributed by atoms with E-state index in [-0.39, 0.29) is 17.6 Å². The number of benzene rings is 2. The molecule has 2 aromatic carbocycles. The second-order valence-electron chi connectivity index (χ2n) is 6.55. The molecule has 0 spiro atoms. The Morgan fingerprint density at radius 2 is 2.00 bits per heavy atom. The van der Waals surface area contributed by atoms with Crippen LogP contribution in [0.5, 0.6) is 0 Å². The predicted molar refractivity (Wildman–Crippen MR) is 106 cm³/mol. The van der Waals surface area contributed by atoms with Crippen LogP contribution in [0.3, 0.4) is 0 Å². The second kappa shape index (κ2) is 6.28. The molecule has 7 heteroatoms. The minimum absolute atomic E-state index is 0.0186. The topological polar surface area (TPSA) is 58.1 Å². The molecule has 1 fully saturated rings. The van der Waals surface area contributed by atoms with Crippen molar-refractivity contribution < 1.29 is 9.18 Å². The SMILES string of the molecule is O=C(Nc1cccc2ncccc12)C1CN(c2nc3c(F)cccc3s2)C1. The van der Waals surface area contributed by atoms with Gasteiger partial charge in [0, 0.05) is 24.7 Å². The maximum atomic E-state index is 13.8. The number of nitrogens with zero attached hydrogens (tertiary/aromatic N) is 3. The number of halogens is 1. The van der Waals surface area contributed by atoms with Gasteiger partial charge in [-0.3, -0.25) is 9.78 Å². The fourth-order valence-electron chi connectivity index (χ4n) is 3.29. The minimum atomic E-state index is -0.311. The largest absolute Gasteiger partial charge is 0.346 e. The number of rotatable bonds is 3. The molecule has 0 bridgehead atoms. The Balaban J connectivity index is 1.30. The first kappa shape index (κ1) is 16.1. The number of thiazole rings is 1. The van der Waals surface area contributed by atoms with Gasteiger partial charge in [0.2, 0.25) is 5.91 Å². The Morgan fingerprint density at radius 1 is 1.15 bits per heavy atom. The van der Waals surface area contributed by atoms with Crippen LogP contribution in [0.4, 0.5) is 15.2 Å². The van der Waals surface area contributed by atoms with E-state index in [0.717, 1.165) is 26.4 Å². The summed E-state index contributed by atoms with van der Waals surface area (Å²) in [5, 5.41) is 4.69. The monoisotopic (exact) mass is 378 g/mol. The minimum Gasteiger partial charge on any atom is -0.346 e. The molecule has 1 aliphatic rings. The number of para-hydroxylation sites is 1. The van der Waals surface area contributed by atoms with Gasteiger partial charge in [-0.15, -0.1) is 0 Å². The molecule has 2 aromatic heterocycles. The van der Waals surface area contributed by atoms with Crippen molar-refractivity contribution in [1.82, 2.24) is 9.97 Å². The lowest BCUT2D eigenvalue weighted by Gasteiger charge is -2.38. The number of pyridine rings is 1. The summed E-state index contributed by atoms with van der Waals surface area (Å²) in [6.45, 7) is 1.16. The van der Waals surface area contributed by atoms with E-state index in [9.17, 15) is 9.18 Å². The first-order valence-corrected chi connectivity index (χ1v) is 9.45. The first-order valence-electron chi connectivity index (χ1n) is 8.63. The lowest BCUT2D eigenvalue weighted by molar-refractivity contribution is -0.120. The Kier molecular flexibility index (Phi) is 3.75. The molecule has 0 aliphatic carbocycles. The number of aromatic nitrogens is 2. The number of fused-ring (bicyclic) bond motifs is 2. The van der Waals surface area contributed by atoms with Gasteiger partial charge >= 0.3 is 0 Å². The van der Waals surface area contributed by atoms with Crippen molar-refractivity contribution in [3.05, 3.63) is 60.5 Å². The smallest absolute Gasteiger partial charge is 0.231 e. The van der Waals surface area contributed by atoms with Crippen molar-refractivity contribution in [2.75, 3.05) is 23.3 Å². The summed E-state index contributed by atoms with van der Waals surface area (Å²) in [6, 6.07) is 14.4. The number of carbonyl (C=O) groups excluding carboxylic acids is 1. The number of anilines is 2. The fraction of sp³-hybridized carbons (Fsp3) is 0.150. The summed E-state index contributed by atoms with van der Waals surface area (Å²) in [4.78, 5) is 23.3. The summed E-state index contributed by atoms with van der Waals surface area (Å²) >= 11 is 1.45. The van der Waals surface area contributed by atoms with Crippen molar-refractivity contribution in [2.45, 2.75) is 0 Å². The molecule has 5 nitrogen and oxygen atoms in total. The maximum Gasteiger partial charge on any atom is 0.231 e. The normalized spacial score (nSPS) is 14.5. The van der Waals surface area contributed by atoms with Gasteiger partial charge in [-0.1, -0.05) is 23.5 Å². The van der Waals surface area contributed by atoms with Crippen LogP contribution in [0.2, 0.25) is 0 Å². The van der Waals surface area contributed by atoms with E-state index in [1.54, 1.807) is 12.3 Å². The lowest BCUT2D eigenvalue weighted by atomic mass is 9.99. The van der Waals surface area contributed by atoms with Crippen molar-refractivity contribution >= 4 is 49.2 Å². The quantitative estimate of drug-likeness (QED) is 0.584. The van der Waals surface area contributed by atoms with Gasteiger partial charge in [-0.05, 0) is 36.4 Å². The predicted octanol–water partition coefficient (Wildman–Crippen LogP) is 4.06. The molecule has 0 atom stereocenters. The van der Waals surface area contributed by atoms with Crippen LogP contribution < -0.4 is 10.2 Å². The molecule has 4 aromatic rings. The molecular formula is C20H15FN4OS. The highest BCUT2D eigenvalue weighted by Crippen LogP contribution is 2.34. The highest BCUT2D eigenvalue weighted by atomic mass is 32.1. The molecule has 27 heavy (non-hydrogen) atoms. The zero-order chi connectivity index (χ0) is 18.4. The van der Waals surface area contributed by atoms with E-state index in [1.807, 2.05) is 41.3 Å². The van der Waals surface area contributed by atoms with Crippen molar-refractivity contribution in [2.24, 2.45) is 5.92 Å². The van der Waals surface area contributed by atoms with Crippen molar-refractivity contribution in [3.63, 3.8) is 0 Å². The van der Waals surface area contributed by atoms with E-state index < -0.39 is 0 Å². The summed E-state index contributed by atoms with van der Waals surface area (Å²) in [5.74, 6) is -0.446. The van der Waals surface area contributed by atoms with E-state index in [2.05, 4.69) is 15.3 Å². The Bertz CT molecular complexity index is 1160. The van der Waals surface area contributed by atoms with Crippen LogP contribution in [-0.4, -0.2) is 29.0 Å². The van der Waals surface area contributed by atoms with Crippen molar-refractivity contribution in [1.29, 1.82) is 0 Å². The molecule has 0 unspecified atom stereocenters. The average molecular weight is 378 g/mol. The van der Waals surface area contributed by atoms with Crippen LogP contribution in [0, 0.1) is 11.7 Å². The lowest BCUT2D eigenvalue weighted by Crippen LogP contribution is -2.52. The summed E-state index contributed by atoms with van der Waals surface area (Å²) in [6.07, 6.45) is 1.73. The van der Waals surface area contributed by atoms with Gasteiger partial charge < -0.3 is 10.2 Å². The molecule has 1 saturated heterocycles. The van der Waals surface area contributed by atoms with Crippen LogP contribution in [-0.2, 0) is 4.79 Å². The van der Waals surface area contributed by atoms with Gasteiger partial charge in [0.05, 0.1) is 21.8 Å². The second-order valence-corrected chi connectivity index (χ2v) is 7.56. The molecular weight excluding hydrogens is 363 g/mol. The number of nitrogens with one attached hydrogen (secondary N) is 1. The van der Waals surface area contributed by atoms with Crippen molar-refractivity contribution in [3.8, 4) is 0 Å². The molecule has 0 saturated carbocycles. The summed E-state index contributed by atoms with van der Waals surface area (Å²) in [7, 11) is 0. The molecule has 1 aliphatic heterocycles. The molecule has 134 valence electrons. The standard InChI is InChI=1S/C20H15FN4OS/c21-14-5-1-8-17-18(14)24-20(27-17)25-10-12(11-25)19(26)23-16-7-2-6-15-13(16)4-3-9-22-15/h1-9,12H,10-11H2,(H,23,26). The highest BCUT2D eigenvalue weighted by Gasteiger charge is 2.34. The van der Waals surface area contributed by atoms with Crippen LogP contribution >= 0.6 is 11.3 Å². The number of carbonyl (C=O) groups is 1. The first-order chi connectivity index (χ1) is 13.2. The zero-order valence-electron chi connectivity index (χ0n) is 14.2. The third-order valence-corrected chi connectivity index (χ3v) is 5.87. The maximum absolute atomic E-state index is 13.8. The summed E-state index contributed by atoms with van der Waals surface area (Å²) in [5.41, 5.74) is 2.02. The van der Waals surface area contributed by atoms with Gasteiger partial charge in [0.15, 0.2) is 5.13 Å². The van der Waals surface area contributed by atoms with Crippen LogP contribution in [0.25, 0.3) is 21.1 Å². The van der Waals surface area contributed by atoms with Crippen LogP contribution in [0.15, 0.2) is 54.7 Å². The third-order valence-electron chi connectivity index (χ3n) is 4.78. The average Bonchev–Trinajstić information content (AvgIpc) is 3.06. The van der Waals surface area contributed by atoms with Gasteiger partial charge in [-0.2, -0.15) is 0 Å². The Morgan fingerprint density at radius 3 is 2.85 bits per heavy atom. The molecule has 5 rings (SSSR count). The number of hydrogen-bond donors (Lipinski definition) is 1. The Labute approximate surface area is 158 Å². The molecule has 0 radical (unpaired) electrons. The summed E-state index contributed by atoms with van der Waals surface area (Å²) < 4.78 is 14.6. The van der Waals surface area contributed by atoms with Crippen LogP contribution in [0.1, 0.15) is 0 Å². The van der Waals surface area contributed by atoms with E-state index in [0.29, 0.717) is 18.6 Å². The molecule has 3 heterocycles. The highest BCUT2D eigenvalue weighted by molar-refractivity contribution is 7.22. The number of hydrogen-bond acceptors (Lipinski definition) is 5. The third kappa shape index (κ3) is 2.80. The van der Waals surface area contributed by atoms with E-state index in [4.69, 9.17) is 0 Å². The van der Waals surface area contributed by atoms with Gasteiger partial charge in [0.25, 0.3) is 0 Å². The van der Waals surface area contributed by atoms with Gasteiger partial charge in [-0.25, -0.2) is 9.37 Å². The van der Waals surface area contributed by atoms with Gasteiger partial charge in [0.1, 0.15) is 11.3 Å². The number of amides is 1. The molecule has 1 N–H and O–H groups in total. The van der Waals surface area contributed by atoms with E-state index in [1.165, 1.54) is 17.4 Å².